The SMILES string of the molecule is CCN(CC)C(C(=O)Nc1ccc2c(c1)OC1(CCCC1)O2)c1ccccc1. The minimum absolute atomic E-state index is 0.0376. The van der Waals surface area contributed by atoms with E-state index in [1.165, 1.54) is 0 Å². The normalized spacial score (nSPS) is 17.8. The van der Waals surface area contributed by atoms with Crippen LogP contribution in [0.1, 0.15) is 51.1 Å². The van der Waals surface area contributed by atoms with E-state index in [1.54, 1.807) is 0 Å². The molecule has 2 aliphatic rings. The van der Waals surface area contributed by atoms with E-state index in [2.05, 4.69) is 24.1 Å². The number of hydrogen-bond acceptors (Lipinski definition) is 4. The van der Waals surface area contributed by atoms with Gasteiger partial charge in [-0.2, -0.15) is 0 Å². The van der Waals surface area contributed by atoms with Crippen LogP contribution in [-0.2, 0) is 4.79 Å². The van der Waals surface area contributed by atoms with Crippen LogP contribution in [0.5, 0.6) is 11.5 Å². The average Bonchev–Trinajstić information content (AvgIpc) is 3.32. The highest BCUT2D eigenvalue weighted by atomic mass is 16.7. The maximum atomic E-state index is 13.2. The number of likely N-dealkylation sites (N-methyl/N-ethyl adjacent to an activating group) is 1. The quantitative estimate of drug-likeness (QED) is 0.786. The van der Waals surface area contributed by atoms with Crippen LogP contribution in [0.4, 0.5) is 5.69 Å². The molecule has 1 aliphatic carbocycles. The summed E-state index contributed by atoms with van der Waals surface area (Å²) in [4.78, 5) is 15.4. The third kappa shape index (κ3) is 3.59. The van der Waals surface area contributed by atoms with Gasteiger partial charge in [-0.15, -0.1) is 0 Å². The molecule has 1 atom stereocenters. The van der Waals surface area contributed by atoms with Gasteiger partial charge in [0.05, 0.1) is 0 Å². The third-order valence-electron chi connectivity index (χ3n) is 5.71. The number of hydrogen-bond donors (Lipinski definition) is 1. The van der Waals surface area contributed by atoms with Crippen molar-refractivity contribution in [1.82, 2.24) is 4.90 Å². The molecule has 0 aromatic heterocycles. The van der Waals surface area contributed by atoms with Crippen LogP contribution in [0.15, 0.2) is 48.5 Å². The van der Waals surface area contributed by atoms with E-state index in [-0.39, 0.29) is 11.9 Å². The van der Waals surface area contributed by atoms with Crippen LogP contribution in [0.3, 0.4) is 0 Å². The van der Waals surface area contributed by atoms with Gasteiger partial charge in [0.1, 0.15) is 6.04 Å². The molecule has 1 fully saturated rings. The van der Waals surface area contributed by atoms with Crippen LogP contribution in [0, 0.1) is 0 Å². The highest BCUT2D eigenvalue weighted by molar-refractivity contribution is 5.95. The van der Waals surface area contributed by atoms with Gasteiger partial charge in [0.15, 0.2) is 11.5 Å². The number of carbonyl (C=O) groups is 1. The second-order valence-electron chi connectivity index (χ2n) is 7.51. The van der Waals surface area contributed by atoms with Gasteiger partial charge in [-0.25, -0.2) is 0 Å². The number of nitrogens with zero attached hydrogens (tertiary/aromatic N) is 1. The molecule has 148 valence electrons. The number of rotatable bonds is 6. The highest BCUT2D eigenvalue weighted by Crippen LogP contribution is 2.47. The molecule has 1 unspecified atom stereocenters. The minimum Gasteiger partial charge on any atom is -0.448 e. The van der Waals surface area contributed by atoms with Crippen LogP contribution in [0.25, 0.3) is 0 Å². The second-order valence-corrected chi connectivity index (χ2v) is 7.51. The summed E-state index contributed by atoms with van der Waals surface area (Å²) < 4.78 is 12.2. The number of anilines is 1. The zero-order chi connectivity index (χ0) is 19.6. The van der Waals surface area contributed by atoms with Crippen molar-refractivity contribution in [2.24, 2.45) is 0 Å². The Morgan fingerprint density at radius 1 is 1.04 bits per heavy atom. The Labute approximate surface area is 166 Å². The number of nitrogens with one attached hydrogen (secondary N) is 1. The first-order valence-corrected chi connectivity index (χ1v) is 10.3. The van der Waals surface area contributed by atoms with Crippen molar-refractivity contribution in [1.29, 1.82) is 0 Å². The molecule has 1 amide bonds. The Morgan fingerprint density at radius 2 is 1.71 bits per heavy atom. The Balaban J connectivity index is 1.54. The van der Waals surface area contributed by atoms with Gasteiger partial charge >= 0.3 is 0 Å². The summed E-state index contributed by atoms with van der Waals surface area (Å²) in [5.41, 5.74) is 1.73. The Kier molecular flexibility index (Phi) is 5.27. The number of fused-ring (bicyclic) bond motifs is 1. The van der Waals surface area contributed by atoms with Crippen LogP contribution in [-0.4, -0.2) is 29.7 Å². The highest BCUT2D eigenvalue weighted by Gasteiger charge is 2.44. The Bertz CT molecular complexity index is 827. The number of ether oxygens (including phenoxy) is 2. The smallest absolute Gasteiger partial charge is 0.251 e. The molecule has 5 heteroatoms. The lowest BCUT2D eigenvalue weighted by Crippen LogP contribution is -2.37. The van der Waals surface area contributed by atoms with Gasteiger partial charge in [0.25, 0.3) is 5.79 Å². The molecule has 1 aliphatic heterocycles. The fourth-order valence-corrected chi connectivity index (χ4v) is 4.25. The van der Waals surface area contributed by atoms with Crippen molar-refractivity contribution in [3.8, 4) is 11.5 Å². The summed E-state index contributed by atoms with van der Waals surface area (Å²) in [7, 11) is 0. The van der Waals surface area contributed by atoms with Gasteiger partial charge < -0.3 is 14.8 Å². The van der Waals surface area contributed by atoms with E-state index < -0.39 is 5.79 Å². The van der Waals surface area contributed by atoms with Crippen LogP contribution in [0.2, 0.25) is 0 Å². The summed E-state index contributed by atoms with van der Waals surface area (Å²) in [5, 5.41) is 3.08. The Morgan fingerprint density at radius 3 is 2.39 bits per heavy atom. The fourth-order valence-electron chi connectivity index (χ4n) is 4.25. The molecule has 0 saturated heterocycles. The largest absolute Gasteiger partial charge is 0.448 e. The topological polar surface area (TPSA) is 50.8 Å². The summed E-state index contributed by atoms with van der Waals surface area (Å²) >= 11 is 0. The summed E-state index contributed by atoms with van der Waals surface area (Å²) in [6, 6.07) is 15.3. The number of carbonyl (C=O) groups excluding carboxylic acids is 1. The van der Waals surface area contributed by atoms with E-state index in [4.69, 9.17) is 9.47 Å². The summed E-state index contributed by atoms with van der Waals surface area (Å²) in [6.07, 6.45) is 4.09. The van der Waals surface area contributed by atoms with E-state index in [1.807, 2.05) is 48.5 Å². The van der Waals surface area contributed by atoms with E-state index >= 15 is 0 Å². The monoisotopic (exact) mass is 380 g/mol. The van der Waals surface area contributed by atoms with Crippen molar-refractivity contribution in [3.63, 3.8) is 0 Å². The lowest BCUT2D eigenvalue weighted by Gasteiger charge is -2.29. The molecule has 0 radical (unpaired) electrons. The zero-order valence-corrected chi connectivity index (χ0v) is 16.6. The molecule has 2 aromatic rings. The maximum Gasteiger partial charge on any atom is 0.251 e. The third-order valence-corrected chi connectivity index (χ3v) is 5.71. The van der Waals surface area contributed by atoms with Crippen molar-refractivity contribution in [3.05, 3.63) is 54.1 Å². The first-order chi connectivity index (χ1) is 13.6. The predicted molar refractivity (Wildman–Crippen MR) is 110 cm³/mol. The molecule has 1 heterocycles. The van der Waals surface area contributed by atoms with Crippen molar-refractivity contribution in [2.75, 3.05) is 18.4 Å². The zero-order valence-electron chi connectivity index (χ0n) is 16.6. The van der Waals surface area contributed by atoms with Crippen molar-refractivity contribution < 1.29 is 14.3 Å². The minimum atomic E-state index is -0.487. The first kappa shape index (κ1) is 18.8. The Hall–Kier alpha value is -2.53. The molecule has 1 N–H and O–H groups in total. The van der Waals surface area contributed by atoms with Gasteiger partial charge in [-0.05, 0) is 43.6 Å². The summed E-state index contributed by atoms with van der Waals surface area (Å²) in [6.45, 7) is 5.75. The van der Waals surface area contributed by atoms with Gasteiger partial charge in [-0.3, -0.25) is 9.69 Å². The molecule has 0 bridgehead atoms. The molecule has 2 aromatic carbocycles. The molecular formula is C23H28N2O3. The van der Waals surface area contributed by atoms with Gasteiger partial charge in [0, 0.05) is 24.6 Å². The lowest BCUT2D eigenvalue weighted by atomic mass is 10.0. The molecule has 1 spiro atoms. The molecule has 4 rings (SSSR count). The van der Waals surface area contributed by atoms with E-state index in [0.717, 1.165) is 61.5 Å². The van der Waals surface area contributed by atoms with Crippen LogP contribution >= 0.6 is 0 Å². The second kappa shape index (κ2) is 7.84. The van der Waals surface area contributed by atoms with Crippen molar-refractivity contribution in [2.45, 2.75) is 51.4 Å². The van der Waals surface area contributed by atoms with Gasteiger partial charge in [-0.1, -0.05) is 44.2 Å². The fraction of sp³-hybridized carbons (Fsp3) is 0.435. The average molecular weight is 380 g/mol. The summed E-state index contributed by atoms with van der Waals surface area (Å²) in [5.74, 6) is 0.963. The molecular weight excluding hydrogens is 352 g/mol. The standard InChI is InChI=1S/C23H28N2O3/c1-3-25(4-2)21(17-10-6-5-7-11-17)22(26)24-18-12-13-19-20(16-18)28-23(27-19)14-8-9-15-23/h5-7,10-13,16,21H,3-4,8-9,14-15H2,1-2H3,(H,24,26). The molecule has 1 saturated carbocycles. The number of amides is 1. The van der Waals surface area contributed by atoms with E-state index in [9.17, 15) is 4.79 Å². The predicted octanol–water partition coefficient (Wildman–Crippen LogP) is 4.75. The number of benzene rings is 2. The lowest BCUT2D eigenvalue weighted by molar-refractivity contribution is -0.121. The first-order valence-electron chi connectivity index (χ1n) is 10.3. The molecule has 5 nitrogen and oxygen atoms in total. The van der Waals surface area contributed by atoms with Crippen LogP contribution < -0.4 is 14.8 Å². The molecule has 28 heavy (non-hydrogen) atoms. The van der Waals surface area contributed by atoms with Crippen molar-refractivity contribution >= 4 is 11.6 Å². The maximum absolute atomic E-state index is 13.2. The van der Waals surface area contributed by atoms with E-state index in [0.29, 0.717) is 0 Å². The van der Waals surface area contributed by atoms with Gasteiger partial charge in [0.2, 0.25) is 5.91 Å².